The molecule has 5 heteroatoms. The maximum Gasteiger partial charge on any atom is 0.131 e. The van der Waals surface area contributed by atoms with Crippen LogP contribution in [0.15, 0.2) is 23.5 Å². The van der Waals surface area contributed by atoms with Crippen LogP contribution in [0.5, 0.6) is 0 Å². The average Bonchev–Trinajstić information content (AvgIpc) is 2.55. The van der Waals surface area contributed by atoms with Gasteiger partial charge in [0, 0.05) is 51.0 Å². The lowest BCUT2D eigenvalue weighted by Gasteiger charge is -2.28. The number of oxime groups is 1. The highest BCUT2D eigenvalue weighted by Gasteiger charge is 2.18. The number of ether oxygens (including phenoxy) is 1. The first-order valence-corrected chi connectivity index (χ1v) is 7.28. The van der Waals surface area contributed by atoms with Crippen molar-refractivity contribution in [1.82, 2.24) is 4.98 Å². The molecule has 1 aromatic heterocycles. The van der Waals surface area contributed by atoms with Gasteiger partial charge >= 0.3 is 0 Å². The fraction of sp³-hybridized carbons (Fsp3) is 0.600. The Bertz CT molecular complexity index is 434. The smallest absolute Gasteiger partial charge is 0.131 e. The molecule has 0 spiro atoms. The molecule has 3 rings (SSSR count). The molecule has 1 aromatic rings. The minimum atomic E-state index is 0.237. The molecule has 3 heterocycles. The molecule has 0 aromatic carbocycles. The van der Waals surface area contributed by atoms with E-state index in [-0.39, 0.29) is 6.10 Å². The first-order valence-electron chi connectivity index (χ1n) is 7.28. The second-order valence-corrected chi connectivity index (χ2v) is 5.18. The molecule has 0 unspecified atom stereocenters. The highest BCUT2D eigenvalue weighted by molar-refractivity contribution is 5.86. The molecular weight excluding hydrogens is 254 g/mol. The molecule has 2 saturated heterocycles. The monoisotopic (exact) mass is 274 g/mol. The van der Waals surface area contributed by atoms with Gasteiger partial charge in [-0.2, -0.15) is 0 Å². The van der Waals surface area contributed by atoms with Gasteiger partial charge in [0.15, 0.2) is 0 Å². The Hall–Kier alpha value is -1.62. The molecule has 0 atom stereocenters. The highest BCUT2D eigenvalue weighted by atomic mass is 16.6. The van der Waals surface area contributed by atoms with Crippen molar-refractivity contribution >= 4 is 11.5 Å². The summed E-state index contributed by atoms with van der Waals surface area (Å²) in [6.07, 6.45) is 5.75. The SMILES string of the molecule is [c]1ccc(N2CCC(=NOC3CCOCC3)CC2)nc1. The molecule has 1 radical (unpaired) electrons. The van der Waals surface area contributed by atoms with Crippen LogP contribution in [0, 0.1) is 6.07 Å². The molecule has 5 nitrogen and oxygen atoms in total. The standard InChI is InChI=1S/C15H20N3O2/c1-2-8-16-15(3-1)18-9-4-13(5-10-18)17-20-14-6-11-19-12-7-14/h1,3,8,14H,4-7,9-12H2. The fourth-order valence-electron chi connectivity index (χ4n) is 2.51. The Morgan fingerprint density at radius 3 is 2.80 bits per heavy atom. The number of pyridine rings is 1. The van der Waals surface area contributed by atoms with E-state index < -0.39 is 0 Å². The minimum absolute atomic E-state index is 0.237. The van der Waals surface area contributed by atoms with Crippen LogP contribution in [0.2, 0.25) is 0 Å². The Morgan fingerprint density at radius 1 is 1.30 bits per heavy atom. The molecular formula is C15H20N3O2. The molecule has 0 N–H and O–H groups in total. The summed E-state index contributed by atoms with van der Waals surface area (Å²) in [4.78, 5) is 12.2. The number of piperidine rings is 1. The Morgan fingerprint density at radius 2 is 2.10 bits per heavy atom. The van der Waals surface area contributed by atoms with E-state index in [1.165, 1.54) is 0 Å². The summed E-state index contributed by atoms with van der Waals surface area (Å²) in [5.74, 6) is 1.02. The van der Waals surface area contributed by atoms with Gasteiger partial charge in [0.05, 0.1) is 18.9 Å². The Balaban J connectivity index is 1.48. The van der Waals surface area contributed by atoms with Gasteiger partial charge in [0.2, 0.25) is 0 Å². The number of rotatable bonds is 3. The lowest BCUT2D eigenvalue weighted by atomic mass is 10.1. The summed E-state index contributed by atoms with van der Waals surface area (Å²) < 4.78 is 5.31. The van der Waals surface area contributed by atoms with E-state index in [0.29, 0.717) is 0 Å². The van der Waals surface area contributed by atoms with Crippen LogP contribution in [0.25, 0.3) is 0 Å². The number of nitrogens with zero attached hydrogens (tertiary/aromatic N) is 3. The zero-order valence-corrected chi connectivity index (χ0v) is 11.6. The van der Waals surface area contributed by atoms with Gasteiger partial charge in [-0.1, -0.05) is 5.16 Å². The number of hydrogen-bond acceptors (Lipinski definition) is 5. The third-order valence-corrected chi connectivity index (χ3v) is 3.76. The third-order valence-electron chi connectivity index (χ3n) is 3.76. The van der Waals surface area contributed by atoms with Crippen LogP contribution < -0.4 is 4.90 Å². The van der Waals surface area contributed by atoms with Crippen molar-refractivity contribution < 1.29 is 9.57 Å². The third kappa shape index (κ3) is 3.48. The quantitative estimate of drug-likeness (QED) is 0.791. The van der Waals surface area contributed by atoms with E-state index in [1.54, 1.807) is 6.20 Å². The van der Waals surface area contributed by atoms with Gasteiger partial charge in [0.25, 0.3) is 0 Å². The maximum atomic E-state index is 5.63. The van der Waals surface area contributed by atoms with Crippen LogP contribution in [-0.2, 0) is 9.57 Å². The van der Waals surface area contributed by atoms with Crippen LogP contribution in [0.1, 0.15) is 25.7 Å². The van der Waals surface area contributed by atoms with Gasteiger partial charge in [-0.25, -0.2) is 4.98 Å². The molecule has 0 amide bonds. The summed E-state index contributed by atoms with van der Waals surface area (Å²) in [6.45, 7) is 3.49. The van der Waals surface area contributed by atoms with E-state index in [4.69, 9.17) is 9.57 Å². The molecule has 2 aliphatic heterocycles. The van der Waals surface area contributed by atoms with Crippen molar-refractivity contribution in [3.05, 3.63) is 24.4 Å². The summed E-state index contributed by atoms with van der Waals surface area (Å²) in [7, 11) is 0. The Labute approximate surface area is 119 Å². The van der Waals surface area contributed by atoms with E-state index in [1.807, 2.05) is 12.1 Å². The first kappa shape index (κ1) is 13.4. The molecule has 2 fully saturated rings. The van der Waals surface area contributed by atoms with Crippen LogP contribution in [0.3, 0.4) is 0 Å². The highest BCUT2D eigenvalue weighted by Crippen LogP contribution is 2.17. The van der Waals surface area contributed by atoms with Crippen molar-refractivity contribution in [2.45, 2.75) is 31.8 Å². The van der Waals surface area contributed by atoms with Crippen LogP contribution in [-0.4, -0.2) is 43.1 Å². The summed E-state index contributed by atoms with van der Waals surface area (Å²) >= 11 is 0. The van der Waals surface area contributed by atoms with Crippen LogP contribution >= 0.6 is 0 Å². The van der Waals surface area contributed by atoms with Crippen LogP contribution in [0.4, 0.5) is 5.82 Å². The van der Waals surface area contributed by atoms with E-state index in [0.717, 1.165) is 63.5 Å². The molecule has 20 heavy (non-hydrogen) atoms. The average molecular weight is 274 g/mol. The van der Waals surface area contributed by atoms with Crippen molar-refractivity contribution in [1.29, 1.82) is 0 Å². The zero-order valence-electron chi connectivity index (χ0n) is 11.6. The van der Waals surface area contributed by atoms with Gasteiger partial charge in [-0.3, -0.25) is 0 Å². The predicted octanol–water partition coefficient (Wildman–Crippen LogP) is 2.03. The molecule has 2 aliphatic rings. The van der Waals surface area contributed by atoms with E-state index >= 15 is 0 Å². The van der Waals surface area contributed by atoms with Crippen molar-refractivity contribution in [2.24, 2.45) is 5.16 Å². The topological polar surface area (TPSA) is 47.0 Å². The number of aromatic nitrogens is 1. The first-order chi connectivity index (χ1) is 9.92. The summed E-state index contributed by atoms with van der Waals surface area (Å²) in [5.41, 5.74) is 1.16. The molecule has 0 saturated carbocycles. The van der Waals surface area contributed by atoms with Gasteiger partial charge in [-0.15, -0.1) is 0 Å². The minimum Gasteiger partial charge on any atom is -0.392 e. The molecule has 0 aliphatic carbocycles. The lowest BCUT2D eigenvalue weighted by Crippen LogP contribution is -2.34. The Kier molecular flexibility index (Phi) is 4.48. The fourth-order valence-corrected chi connectivity index (χ4v) is 2.51. The molecule has 0 bridgehead atoms. The molecule has 107 valence electrons. The largest absolute Gasteiger partial charge is 0.392 e. The van der Waals surface area contributed by atoms with Gasteiger partial charge in [0.1, 0.15) is 11.9 Å². The zero-order chi connectivity index (χ0) is 13.6. The normalized spacial score (nSPS) is 20.8. The number of anilines is 1. The van der Waals surface area contributed by atoms with Crippen molar-refractivity contribution in [2.75, 3.05) is 31.2 Å². The maximum absolute atomic E-state index is 5.63. The lowest BCUT2D eigenvalue weighted by molar-refractivity contribution is -0.0304. The van der Waals surface area contributed by atoms with E-state index in [2.05, 4.69) is 21.1 Å². The predicted molar refractivity (Wildman–Crippen MR) is 76.9 cm³/mol. The second-order valence-electron chi connectivity index (χ2n) is 5.18. The van der Waals surface area contributed by atoms with Gasteiger partial charge < -0.3 is 14.5 Å². The second kappa shape index (κ2) is 6.70. The number of hydrogen-bond donors (Lipinski definition) is 0. The summed E-state index contributed by atoms with van der Waals surface area (Å²) in [6, 6.07) is 6.85. The van der Waals surface area contributed by atoms with Crippen molar-refractivity contribution in [3.8, 4) is 0 Å². The summed E-state index contributed by atoms with van der Waals surface area (Å²) in [5, 5.41) is 4.34. The van der Waals surface area contributed by atoms with Gasteiger partial charge in [-0.05, 0) is 12.1 Å². The van der Waals surface area contributed by atoms with Crippen molar-refractivity contribution in [3.63, 3.8) is 0 Å². The van der Waals surface area contributed by atoms with E-state index in [9.17, 15) is 0 Å².